The Kier molecular flexibility index (Phi) is 7.31. The molecular weight excluding hydrogens is 655 g/mol. The van der Waals surface area contributed by atoms with E-state index >= 15 is 14.4 Å². The van der Waals surface area contributed by atoms with Crippen molar-refractivity contribution in [3.8, 4) is 11.5 Å². The molecule has 0 unspecified atom stereocenters. The van der Waals surface area contributed by atoms with Crippen molar-refractivity contribution in [3.05, 3.63) is 161 Å². The van der Waals surface area contributed by atoms with Crippen LogP contribution in [0.5, 0.6) is 11.5 Å². The number of hydrogen-bond acceptors (Lipinski definition) is 5. The number of carbonyl (C=O) groups is 3. The normalized spacial score (nSPS) is 23.9. The van der Waals surface area contributed by atoms with Crippen LogP contribution in [0.4, 0.5) is 18.9 Å². The minimum atomic E-state index is -4.71. The van der Waals surface area contributed by atoms with Gasteiger partial charge in [0.05, 0.1) is 48.1 Å². The molecule has 0 aromatic heterocycles. The number of Topliss-reactive ketones (excluding diaryl/α,β-unsaturated/α-hetero) is 1. The zero-order valence-corrected chi connectivity index (χ0v) is 27.5. The second-order valence-corrected chi connectivity index (χ2v) is 12.9. The Morgan fingerprint density at radius 1 is 0.569 bits per heavy atom. The number of hydrogen-bond donors (Lipinski definition) is 0. The summed E-state index contributed by atoms with van der Waals surface area (Å²) in [5.41, 5.74) is -1.27. The second-order valence-electron chi connectivity index (χ2n) is 12.9. The molecule has 2 aliphatic carbocycles. The van der Waals surface area contributed by atoms with Gasteiger partial charge in [-0.15, -0.1) is 0 Å². The Bertz CT molecular complexity index is 2100. The van der Waals surface area contributed by atoms with Gasteiger partial charge >= 0.3 is 6.18 Å². The lowest BCUT2D eigenvalue weighted by Gasteiger charge is -2.39. The third kappa shape index (κ3) is 4.33. The molecule has 8 rings (SSSR count). The molecule has 5 aromatic carbocycles. The average Bonchev–Trinajstić information content (AvgIpc) is 3.67. The summed E-state index contributed by atoms with van der Waals surface area (Å²) in [5, 5.41) is 0. The Labute approximate surface area is 291 Å². The first-order chi connectivity index (χ1) is 24.6. The first-order valence-electron chi connectivity index (χ1n) is 16.3. The van der Waals surface area contributed by atoms with Crippen molar-refractivity contribution in [1.82, 2.24) is 0 Å². The van der Waals surface area contributed by atoms with E-state index in [-0.39, 0.29) is 11.5 Å². The number of anilines is 1. The molecule has 0 spiro atoms. The molecule has 6 nitrogen and oxygen atoms in total. The van der Waals surface area contributed by atoms with Crippen molar-refractivity contribution < 1.29 is 37.0 Å². The molecule has 5 aromatic rings. The highest BCUT2D eigenvalue weighted by molar-refractivity contribution is 6.39. The average molecular weight is 686 g/mol. The molecule has 1 aliphatic heterocycles. The molecule has 2 bridgehead atoms. The summed E-state index contributed by atoms with van der Waals surface area (Å²) in [5.74, 6) is -3.23. The van der Waals surface area contributed by atoms with Crippen molar-refractivity contribution >= 4 is 34.4 Å². The van der Waals surface area contributed by atoms with Crippen molar-refractivity contribution in [1.29, 1.82) is 0 Å². The largest absolute Gasteiger partial charge is 0.497 e. The highest BCUT2D eigenvalue weighted by Gasteiger charge is 2.82. The van der Waals surface area contributed by atoms with Crippen molar-refractivity contribution in [2.75, 3.05) is 19.1 Å². The Morgan fingerprint density at radius 2 is 1.00 bits per heavy atom. The minimum Gasteiger partial charge on any atom is -0.497 e. The predicted octanol–water partition coefficient (Wildman–Crippen LogP) is 7.91. The van der Waals surface area contributed by atoms with Crippen LogP contribution in [0.1, 0.15) is 27.8 Å². The number of methoxy groups -OCH3 is 2. The molecule has 1 saturated carbocycles. The van der Waals surface area contributed by atoms with Crippen LogP contribution in [-0.4, -0.2) is 31.8 Å². The number of fused-ring (bicyclic) bond motifs is 5. The van der Waals surface area contributed by atoms with E-state index in [1.165, 1.54) is 12.1 Å². The van der Waals surface area contributed by atoms with E-state index < -0.39 is 46.2 Å². The SMILES string of the molecule is COc1ccc(C2=C(c3ccc(OC)cc3)[C@]3(c4ccccc4)C(=O)[C@]2(c2ccccc2)[C@@H]2C(=O)N(c4cccc(C(F)(F)F)c4)C(=O)[C@@H]23)cc1. The quantitative estimate of drug-likeness (QED) is 0.163. The number of halogens is 3. The molecule has 3 aliphatic rings. The van der Waals surface area contributed by atoms with Crippen LogP contribution in [0, 0.1) is 11.8 Å². The fourth-order valence-electron chi connectivity index (χ4n) is 8.72. The number of ketones is 1. The van der Waals surface area contributed by atoms with Crippen LogP contribution < -0.4 is 14.4 Å². The summed E-state index contributed by atoms with van der Waals surface area (Å²) < 4.78 is 52.8. The van der Waals surface area contributed by atoms with E-state index in [9.17, 15) is 13.2 Å². The number of amides is 2. The molecule has 1 saturated heterocycles. The number of imide groups is 1. The lowest BCUT2D eigenvalue weighted by molar-refractivity contribution is -0.137. The Hall–Kier alpha value is -5.96. The first kappa shape index (κ1) is 32.3. The standard InChI is InChI=1S/C42H30F3NO5/c1-50-31-20-16-25(17-21-31)33-34(26-18-22-32(51-2)23-19-26)41(28-12-7-4-8-13-28)36-35(40(33,39(41)49)27-10-5-3-6-11-27)37(47)46(38(36)48)30-15-9-14-29(24-30)42(43,44)45/h3-24,35-36H,1-2H3/t35-,36+,40-,41-/m0/s1. The van der Waals surface area contributed by atoms with Gasteiger partial charge < -0.3 is 9.47 Å². The van der Waals surface area contributed by atoms with E-state index in [0.29, 0.717) is 44.9 Å². The van der Waals surface area contributed by atoms with E-state index in [0.717, 1.165) is 17.0 Å². The maximum atomic E-state index is 16.0. The number of benzene rings is 5. The molecule has 2 fully saturated rings. The van der Waals surface area contributed by atoms with Gasteiger partial charge in [0.1, 0.15) is 11.5 Å². The molecule has 2 amide bonds. The second kappa shape index (κ2) is 11.6. The number of nitrogens with zero attached hydrogens (tertiary/aromatic N) is 1. The summed E-state index contributed by atoms with van der Waals surface area (Å²) in [6.07, 6.45) is -4.71. The molecule has 0 radical (unpaired) electrons. The van der Waals surface area contributed by atoms with E-state index in [1.54, 1.807) is 99.1 Å². The predicted molar refractivity (Wildman–Crippen MR) is 185 cm³/mol. The number of ether oxygens (including phenoxy) is 2. The highest BCUT2D eigenvalue weighted by Crippen LogP contribution is 2.74. The van der Waals surface area contributed by atoms with Crippen LogP contribution in [0.2, 0.25) is 0 Å². The summed E-state index contributed by atoms with van der Waals surface area (Å²) >= 11 is 0. The van der Waals surface area contributed by atoms with Crippen LogP contribution in [0.25, 0.3) is 11.1 Å². The molecule has 254 valence electrons. The fraction of sp³-hybridized carbons (Fsp3) is 0.167. The summed E-state index contributed by atoms with van der Waals surface area (Å²) in [4.78, 5) is 47.0. The van der Waals surface area contributed by atoms with Gasteiger partial charge in [0.15, 0.2) is 5.78 Å². The minimum absolute atomic E-state index is 0.204. The highest BCUT2D eigenvalue weighted by atomic mass is 19.4. The van der Waals surface area contributed by atoms with E-state index in [4.69, 9.17) is 9.47 Å². The topological polar surface area (TPSA) is 72.9 Å². The van der Waals surface area contributed by atoms with Crippen molar-refractivity contribution in [2.45, 2.75) is 17.0 Å². The monoisotopic (exact) mass is 685 g/mol. The van der Waals surface area contributed by atoms with E-state index in [2.05, 4.69) is 0 Å². The van der Waals surface area contributed by atoms with Gasteiger partial charge in [0.25, 0.3) is 0 Å². The van der Waals surface area contributed by atoms with Crippen molar-refractivity contribution in [2.24, 2.45) is 11.8 Å². The Balaban J connectivity index is 1.52. The van der Waals surface area contributed by atoms with Crippen LogP contribution in [0.3, 0.4) is 0 Å². The fourth-order valence-corrected chi connectivity index (χ4v) is 8.72. The van der Waals surface area contributed by atoms with Crippen molar-refractivity contribution in [3.63, 3.8) is 0 Å². The molecule has 1 heterocycles. The van der Waals surface area contributed by atoms with Gasteiger partial charge in [-0.25, -0.2) is 4.90 Å². The van der Waals surface area contributed by atoms with Gasteiger partial charge in [-0.3, -0.25) is 14.4 Å². The van der Waals surface area contributed by atoms with Gasteiger partial charge in [-0.1, -0.05) is 91.0 Å². The summed E-state index contributed by atoms with van der Waals surface area (Å²) in [7, 11) is 3.09. The van der Waals surface area contributed by atoms with Gasteiger partial charge in [0.2, 0.25) is 11.8 Å². The smallest absolute Gasteiger partial charge is 0.416 e. The third-order valence-corrected chi connectivity index (χ3v) is 10.6. The van der Waals surface area contributed by atoms with Gasteiger partial charge in [0, 0.05) is 0 Å². The van der Waals surface area contributed by atoms with Gasteiger partial charge in [-0.2, -0.15) is 13.2 Å². The zero-order valence-electron chi connectivity index (χ0n) is 27.5. The van der Waals surface area contributed by atoms with Crippen LogP contribution in [0.15, 0.2) is 133 Å². The summed E-state index contributed by atoms with van der Waals surface area (Å²) in [6.45, 7) is 0. The lowest BCUT2D eigenvalue weighted by atomic mass is 9.59. The number of alkyl halides is 3. The van der Waals surface area contributed by atoms with Gasteiger partial charge in [-0.05, 0) is 75.9 Å². The summed E-state index contributed by atoms with van der Waals surface area (Å²) in [6, 6.07) is 36.4. The van der Waals surface area contributed by atoms with Crippen LogP contribution >= 0.6 is 0 Å². The molecule has 9 heteroatoms. The molecule has 0 N–H and O–H groups in total. The van der Waals surface area contributed by atoms with E-state index in [1.807, 2.05) is 24.3 Å². The number of carbonyl (C=O) groups excluding carboxylic acids is 3. The molecule has 51 heavy (non-hydrogen) atoms. The zero-order chi connectivity index (χ0) is 35.7. The lowest BCUT2D eigenvalue weighted by Crippen LogP contribution is -2.45. The number of allylic oxidation sites excluding steroid dienone is 2. The Morgan fingerprint density at radius 3 is 1.39 bits per heavy atom. The maximum Gasteiger partial charge on any atom is 0.416 e. The number of rotatable bonds is 7. The maximum absolute atomic E-state index is 16.0. The first-order valence-corrected chi connectivity index (χ1v) is 16.3. The third-order valence-electron chi connectivity index (χ3n) is 10.6. The molecular formula is C42H30F3NO5. The van der Waals surface area contributed by atoms with Crippen LogP contribution in [-0.2, 0) is 31.4 Å². The molecule has 4 atom stereocenters.